The Bertz CT molecular complexity index is 698. The summed E-state index contributed by atoms with van der Waals surface area (Å²) in [6, 6.07) is 0. The maximum atomic E-state index is 11.6. The Morgan fingerprint density at radius 3 is 3.00 bits per heavy atom. The van der Waals surface area contributed by atoms with Gasteiger partial charge in [-0.3, -0.25) is 14.3 Å². The van der Waals surface area contributed by atoms with Gasteiger partial charge in [0.2, 0.25) is 5.89 Å². The van der Waals surface area contributed by atoms with Crippen LogP contribution in [0.3, 0.4) is 0 Å². The van der Waals surface area contributed by atoms with Crippen molar-refractivity contribution in [2.24, 2.45) is 0 Å². The number of aromatic amines is 1. The van der Waals surface area contributed by atoms with Crippen molar-refractivity contribution in [3.8, 4) is 0 Å². The lowest BCUT2D eigenvalue weighted by molar-refractivity contribution is 0.372. The summed E-state index contributed by atoms with van der Waals surface area (Å²) in [5.41, 5.74) is -0.955. The van der Waals surface area contributed by atoms with Gasteiger partial charge in [0.05, 0.1) is 11.0 Å². The molecule has 1 fully saturated rings. The van der Waals surface area contributed by atoms with Crippen LogP contribution in [0, 0.1) is 0 Å². The molecule has 8 heteroatoms. The molecule has 3 rings (SSSR count). The van der Waals surface area contributed by atoms with E-state index in [0.717, 1.165) is 12.8 Å². The summed E-state index contributed by atoms with van der Waals surface area (Å²) in [5.74, 6) is 1.43. The minimum Gasteiger partial charge on any atom is -0.339 e. The lowest BCUT2D eigenvalue weighted by Gasteiger charge is -2.00. The van der Waals surface area contributed by atoms with Gasteiger partial charge in [0.15, 0.2) is 5.82 Å². The van der Waals surface area contributed by atoms with Crippen LogP contribution < -0.4 is 11.2 Å². The molecule has 0 atom stereocenters. The van der Waals surface area contributed by atoms with Crippen LogP contribution >= 0.6 is 15.9 Å². The van der Waals surface area contributed by atoms with Crippen LogP contribution in [0.2, 0.25) is 0 Å². The molecule has 2 aromatic rings. The van der Waals surface area contributed by atoms with Crippen molar-refractivity contribution in [2.75, 3.05) is 0 Å². The van der Waals surface area contributed by atoms with E-state index in [4.69, 9.17) is 4.52 Å². The second-order valence-electron chi connectivity index (χ2n) is 4.19. The minimum absolute atomic E-state index is 0.171. The molecule has 0 spiro atoms. The fourth-order valence-corrected chi connectivity index (χ4v) is 1.93. The van der Waals surface area contributed by atoms with Crippen molar-refractivity contribution in [1.29, 1.82) is 0 Å². The van der Waals surface area contributed by atoms with Crippen LogP contribution in [0.15, 0.2) is 24.8 Å². The molecule has 1 aliphatic carbocycles. The highest BCUT2D eigenvalue weighted by atomic mass is 79.9. The van der Waals surface area contributed by atoms with E-state index in [0.29, 0.717) is 17.6 Å². The quantitative estimate of drug-likeness (QED) is 0.896. The fourth-order valence-electron chi connectivity index (χ4n) is 1.58. The van der Waals surface area contributed by atoms with Gasteiger partial charge in [0, 0.05) is 12.1 Å². The van der Waals surface area contributed by atoms with Gasteiger partial charge < -0.3 is 4.52 Å². The summed E-state index contributed by atoms with van der Waals surface area (Å²) in [4.78, 5) is 29.1. The zero-order valence-corrected chi connectivity index (χ0v) is 10.8. The van der Waals surface area contributed by atoms with Crippen molar-refractivity contribution in [3.05, 3.63) is 43.2 Å². The van der Waals surface area contributed by atoms with Crippen molar-refractivity contribution >= 4 is 15.9 Å². The maximum Gasteiger partial charge on any atom is 0.328 e. The zero-order valence-electron chi connectivity index (χ0n) is 9.22. The van der Waals surface area contributed by atoms with Gasteiger partial charge >= 0.3 is 5.69 Å². The number of aromatic nitrogens is 4. The molecular weight excluding hydrogens is 304 g/mol. The third kappa shape index (κ3) is 2.15. The van der Waals surface area contributed by atoms with Gasteiger partial charge in [-0.05, 0) is 28.8 Å². The Hall–Kier alpha value is -1.70. The average Bonchev–Trinajstić information content (AvgIpc) is 3.07. The van der Waals surface area contributed by atoms with Gasteiger partial charge in [-0.15, -0.1) is 0 Å². The Kier molecular flexibility index (Phi) is 2.66. The van der Waals surface area contributed by atoms with E-state index in [1.165, 1.54) is 10.8 Å². The summed E-state index contributed by atoms with van der Waals surface area (Å²) in [6.45, 7) is 0.171. The highest BCUT2D eigenvalue weighted by Crippen LogP contribution is 2.38. The normalized spacial score (nSPS) is 14.9. The first-order valence-corrected chi connectivity index (χ1v) is 6.24. The van der Waals surface area contributed by atoms with E-state index in [1.807, 2.05) is 0 Å². The average molecular weight is 313 g/mol. The fraction of sp³-hybridized carbons (Fsp3) is 0.400. The van der Waals surface area contributed by atoms with Crippen molar-refractivity contribution in [1.82, 2.24) is 19.7 Å². The smallest absolute Gasteiger partial charge is 0.328 e. The number of nitrogens with one attached hydrogen (secondary N) is 1. The van der Waals surface area contributed by atoms with E-state index in [9.17, 15) is 9.59 Å². The topological polar surface area (TPSA) is 93.8 Å². The lowest BCUT2D eigenvalue weighted by atomic mass is 10.4. The summed E-state index contributed by atoms with van der Waals surface area (Å²) < 4.78 is 6.69. The first-order valence-electron chi connectivity index (χ1n) is 5.45. The molecule has 7 nitrogen and oxygen atoms in total. The second kappa shape index (κ2) is 4.20. The standard InChI is InChI=1S/C10H9BrN4O3/c11-6-3-15(10(17)13-8(6)16)4-7-12-9(18-14-7)5-1-2-5/h3,5H,1-2,4H2,(H,13,16,17). The SMILES string of the molecule is O=c1[nH]c(=O)n(Cc2noc(C3CC3)n2)cc1Br. The molecule has 0 saturated heterocycles. The lowest BCUT2D eigenvalue weighted by Crippen LogP contribution is -2.30. The van der Waals surface area contributed by atoms with Crippen LogP contribution in [0.4, 0.5) is 0 Å². The Morgan fingerprint density at radius 2 is 2.28 bits per heavy atom. The van der Waals surface area contributed by atoms with Crippen LogP contribution in [0.25, 0.3) is 0 Å². The van der Waals surface area contributed by atoms with Gasteiger partial charge in [-0.25, -0.2) is 4.79 Å². The molecule has 2 heterocycles. The molecule has 2 aromatic heterocycles. The van der Waals surface area contributed by atoms with Crippen LogP contribution in [0.5, 0.6) is 0 Å². The highest BCUT2D eigenvalue weighted by Gasteiger charge is 2.29. The molecular formula is C10H9BrN4O3. The molecule has 0 unspecified atom stereocenters. The Morgan fingerprint density at radius 1 is 1.50 bits per heavy atom. The number of halogens is 1. The Balaban J connectivity index is 1.89. The third-order valence-corrected chi connectivity index (χ3v) is 3.25. The molecule has 0 aromatic carbocycles. The van der Waals surface area contributed by atoms with Crippen LogP contribution in [-0.2, 0) is 6.54 Å². The van der Waals surface area contributed by atoms with Crippen molar-refractivity contribution < 1.29 is 4.52 Å². The molecule has 94 valence electrons. The molecule has 0 radical (unpaired) electrons. The number of hydrogen-bond acceptors (Lipinski definition) is 5. The first-order chi connectivity index (χ1) is 8.63. The van der Waals surface area contributed by atoms with E-state index in [2.05, 4.69) is 31.1 Å². The Labute approximate surface area is 109 Å². The van der Waals surface area contributed by atoms with E-state index < -0.39 is 11.2 Å². The zero-order chi connectivity index (χ0) is 12.7. The minimum atomic E-state index is -0.499. The van der Waals surface area contributed by atoms with Crippen molar-refractivity contribution in [2.45, 2.75) is 25.3 Å². The number of nitrogens with zero attached hydrogens (tertiary/aromatic N) is 3. The summed E-state index contributed by atoms with van der Waals surface area (Å²) >= 11 is 3.06. The first kappa shape index (κ1) is 11.4. The summed E-state index contributed by atoms with van der Waals surface area (Å²) in [6.07, 6.45) is 3.56. The van der Waals surface area contributed by atoms with E-state index >= 15 is 0 Å². The third-order valence-electron chi connectivity index (χ3n) is 2.69. The van der Waals surface area contributed by atoms with Gasteiger partial charge in [-0.1, -0.05) is 5.16 Å². The summed E-state index contributed by atoms with van der Waals surface area (Å²) in [7, 11) is 0. The van der Waals surface area contributed by atoms with Gasteiger partial charge in [0.1, 0.15) is 0 Å². The second-order valence-corrected chi connectivity index (χ2v) is 5.04. The highest BCUT2D eigenvalue weighted by molar-refractivity contribution is 9.10. The van der Waals surface area contributed by atoms with Crippen LogP contribution in [-0.4, -0.2) is 19.7 Å². The molecule has 1 saturated carbocycles. The number of H-pyrrole nitrogens is 1. The van der Waals surface area contributed by atoms with Crippen LogP contribution in [0.1, 0.15) is 30.5 Å². The largest absolute Gasteiger partial charge is 0.339 e. The van der Waals surface area contributed by atoms with E-state index in [1.54, 1.807) is 0 Å². The number of rotatable bonds is 3. The van der Waals surface area contributed by atoms with E-state index in [-0.39, 0.29) is 11.0 Å². The van der Waals surface area contributed by atoms with Gasteiger partial charge in [0.25, 0.3) is 5.56 Å². The summed E-state index contributed by atoms with van der Waals surface area (Å²) in [5, 5.41) is 3.81. The maximum absolute atomic E-state index is 11.6. The molecule has 18 heavy (non-hydrogen) atoms. The monoisotopic (exact) mass is 312 g/mol. The predicted molar refractivity (Wildman–Crippen MR) is 64.4 cm³/mol. The molecule has 0 aliphatic heterocycles. The predicted octanol–water partition coefficient (Wildman–Crippen LogP) is 0.608. The molecule has 0 bridgehead atoms. The molecule has 1 aliphatic rings. The van der Waals surface area contributed by atoms with Crippen molar-refractivity contribution in [3.63, 3.8) is 0 Å². The van der Waals surface area contributed by atoms with Gasteiger partial charge in [-0.2, -0.15) is 4.98 Å². The molecule has 0 amide bonds. The molecule has 1 N–H and O–H groups in total. The number of hydrogen-bond donors (Lipinski definition) is 1.